The summed E-state index contributed by atoms with van der Waals surface area (Å²) in [4.78, 5) is 11.8. The van der Waals surface area contributed by atoms with Gasteiger partial charge in [0.25, 0.3) is 10.1 Å². The summed E-state index contributed by atoms with van der Waals surface area (Å²) in [5.74, 6) is -0.367. The highest BCUT2D eigenvalue weighted by Crippen LogP contribution is 2.24. The van der Waals surface area contributed by atoms with Gasteiger partial charge in [-0.2, -0.15) is 8.42 Å². The number of halogens is 2. The van der Waals surface area contributed by atoms with E-state index in [4.69, 9.17) is 27.8 Å². The summed E-state index contributed by atoms with van der Waals surface area (Å²) in [6.07, 6.45) is 0. The maximum atomic E-state index is 12.2. The first-order valence-corrected chi connectivity index (χ1v) is 7.56. The number of hydrogen-bond acceptors (Lipinski definition) is 3. The number of benzene rings is 2. The van der Waals surface area contributed by atoms with Crippen LogP contribution in [0.4, 0.5) is 0 Å². The number of rotatable bonds is 3. The monoisotopic (exact) mass is 330 g/mol. The Morgan fingerprint density at radius 3 is 2.10 bits per heavy atom. The Bertz CT molecular complexity index is 767. The molecule has 0 aromatic heterocycles. The lowest BCUT2D eigenvalue weighted by molar-refractivity contribution is 0.103. The largest absolute Gasteiger partial charge is 0.294 e. The standard InChI is InChI=1S/C13H8Cl2O4S/c14-9-3-1-8(2-4-9)13(16)11-6-5-10(7-12(11)15)20(17,18)19/h1-7H,(H,17,18,19). The minimum absolute atomic E-state index is 0.0555. The SMILES string of the molecule is O=C(c1ccc(Cl)cc1)c1ccc(S(=O)(=O)O)cc1Cl. The molecule has 2 aromatic rings. The lowest BCUT2D eigenvalue weighted by atomic mass is 10.0. The second-order valence-corrected chi connectivity index (χ2v) is 6.22. The fourth-order valence-corrected chi connectivity index (χ4v) is 2.56. The molecule has 0 spiro atoms. The molecule has 1 N–H and O–H groups in total. The molecule has 0 aliphatic carbocycles. The van der Waals surface area contributed by atoms with Gasteiger partial charge in [0.15, 0.2) is 5.78 Å². The van der Waals surface area contributed by atoms with Gasteiger partial charge >= 0.3 is 0 Å². The highest BCUT2D eigenvalue weighted by Gasteiger charge is 2.17. The van der Waals surface area contributed by atoms with Crippen molar-refractivity contribution in [3.63, 3.8) is 0 Å². The minimum Gasteiger partial charge on any atom is -0.289 e. The molecule has 0 aliphatic heterocycles. The summed E-state index contributed by atoms with van der Waals surface area (Å²) < 4.78 is 30.8. The third-order valence-electron chi connectivity index (χ3n) is 2.59. The van der Waals surface area contributed by atoms with Crippen LogP contribution in [-0.4, -0.2) is 18.8 Å². The van der Waals surface area contributed by atoms with Crippen molar-refractivity contribution in [3.8, 4) is 0 Å². The van der Waals surface area contributed by atoms with Crippen LogP contribution in [0.2, 0.25) is 10.0 Å². The van der Waals surface area contributed by atoms with Gasteiger partial charge < -0.3 is 0 Å². The maximum absolute atomic E-state index is 12.2. The number of carbonyl (C=O) groups is 1. The Kier molecular flexibility index (Phi) is 4.15. The average molecular weight is 331 g/mol. The molecule has 0 amide bonds. The zero-order valence-electron chi connectivity index (χ0n) is 9.88. The zero-order valence-corrected chi connectivity index (χ0v) is 12.2. The van der Waals surface area contributed by atoms with Crippen molar-refractivity contribution in [2.75, 3.05) is 0 Å². The molecular formula is C13H8Cl2O4S. The van der Waals surface area contributed by atoms with Crippen molar-refractivity contribution in [1.82, 2.24) is 0 Å². The molecule has 0 bridgehead atoms. The van der Waals surface area contributed by atoms with Crippen LogP contribution < -0.4 is 0 Å². The molecule has 4 nitrogen and oxygen atoms in total. The molecule has 0 unspecified atom stereocenters. The predicted molar refractivity (Wildman–Crippen MR) is 76.2 cm³/mol. The first kappa shape index (κ1) is 15.0. The number of ketones is 1. The van der Waals surface area contributed by atoms with E-state index in [2.05, 4.69) is 0 Å². The van der Waals surface area contributed by atoms with Crippen molar-refractivity contribution >= 4 is 39.1 Å². The van der Waals surface area contributed by atoms with Crippen LogP contribution in [0.5, 0.6) is 0 Å². The van der Waals surface area contributed by atoms with Gasteiger partial charge in [0, 0.05) is 16.1 Å². The third kappa shape index (κ3) is 3.19. The van der Waals surface area contributed by atoms with Gasteiger partial charge in [0.05, 0.1) is 9.92 Å². The van der Waals surface area contributed by atoms with Crippen LogP contribution in [-0.2, 0) is 10.1 Å². The topological polar surface area (TPSA) is 71.4 Å². The first-order valence-electron chi connectivity index (χ1n) is 5.36. The molecule has 0 saturated carbocycles. The van der Waals surface area contributed by atoms with E-state index in [0.717, 1.165) is 12.1 Å². The predicted octanol–water partition coefficient (Wildman–Crippen LogP) is 3.47. The van der Waals surface area contributed by atoms with Crippen LogP contribution in [0.3, 0.4) is 0 Å². The van der Waals surface area contributed by atoms with Crippen molar-refractivity contribution in [1.29, 1.82) is 0 Å². The number of hydrogen-bond donors (Lipinski definition) is 1. The fourth-order valence-electron chi connectivity index (χ4n) is 1.60. The highest BCUT2D eigenvalue weighted by molar-refractivity contribution is 7.85. The summed E-state index contributed by atoms with van der Waals surface area (Å²) in [6, 6.07) is 9.60. The highest BCUT2D eigenvalue weighted by atomic mass is 35.5. The van der Waals surface area contributed by atoms with Gasteiger partial charge in [-0.3, -0.25) is 9.35 Å². The van der Waals surface area contributed by atoms with Gasteiger partial charge in [-0.25, -0.2) is 0 Å². The van der Waals surface area contributed by atoms with Gasteiger partial charge in [-0.05, 0) is 42.5 Å². The van der Waals surface area contributed by atoms with Crippen molar-refractivity contribution in [2.45, 2.75) is 4.90 Å². The Labute approximate surface area is 125 Å². The van der Waals surface area contributed by atoms with E-state index >= 15 is 0 Å². The Morgan fingerprint density at radius 2 is 1.60 bits per heavy atom. The van der Waals surface area contributed by atoms with Crippen LogP contribution in [0.1, 0.15) is 15.9 Å². The molecule has 0 aliphatic rings. The van der Waals surface area contributed by atoms with Crippen molar-refractivity contribution in [2.24, 2.45) is 0 Å². The summed E-state index contributed by atoms with van der Waals surface area (Å²) in [6.45, 7) is 0. The van der Waals surface area contributed by atoms with Gasteiger partial charge in [-0.1, -0.05) is 23.2 Å². The summed E-state index contributed by atoms with van der Waals surface area (Å²) >= 11 is 11.6. The van der Waals surface area contributed by atoms with Gasteiger partial charge in [0.2, 0.25) is 0 Å². The molecule has 0 atom stereocenters. The van der Waals surface area contributed by atoms with Gasteiger partial charge in [0.1, 0.15) is 0 Å². The molecule has 20 heavy (non-hydrogen) atoms. The van der Waals surface area contributed by atoms with E-state index in [9.17, 15) is 13.2 Å². The lowest BCUT2D eigenvalue weighted by Gasteiger charge is -2.05. The van der Waals surface area contributed by atoms with Crippen LogP contribution >= 0.6 is 23.2 Å². The van der Waals surface area contributed by atoms with E-state index in [0.29, 0.717) is 10.6 Å². The molecule has 0 radical (unpaired) electrons. The van der Waals surface area contributed by atoms with Crippen molar-refractivity contribution < 1.29 is 17.8 Å². The van der Waals surface area contributed by atoms with E-state index in [-0.39, 0.29) is 21.3 Å². The fraction of sp³-hybridized carbons (Fsp3) is 0. The normalized spacial score (nSPS) is 11.3. The van der Waals surface area contributed by atoms with E-state index < -0.39 is 10.1 Å². The smallest absolute Gasteiger partial charge is 0.289 e. The third-order valence-corrected chi connectivity index (χ3v) is 4.00. The maximum Gasteiger partial charge on any atom is 0.294 e. The minimum atomic E-state index is -4.35. The van der Waals surface area contributed by atoms with E-state index in [1.165, 1.54) is 18.2 Å². The van der Waals surface area contributed by atoms with Crippen LogP contribution in [0.15, 0.2) is 47.4 Å². The van der Waals surface area contributed by atoms with E-state index in [1.807, 2.05) is 0 Å². The molecule has 0 heterocycles. The number of carbonyl (C=O) groups excluding carboxylic acids is 1. The zero-order chi connectivity index (χ0) is 14.9. The summed E-state index contributed by atoms with van der Waals surface area (Å²) in [7, 11) is -4.35. The van der Waals surface area contributed by atoms with Crippen LogP contribution in [0.25, 0.3) is 0 Å². The molecule has 0 saturated heterocycles. The van der Waals surface area contributed by atoms with Gasteiger partial charge in [-0.15, -0.1) is 0 Å². The molecule has 2 rings (SSSR count). The molecule has 0 fully saturated rings. The second-order valence-electron chi connectivity index (χ2n) is 3.95. The quantitative estimate of drug-likeness (QED) is 0.690. The lowest BCUT2D eigenvalue weighted by Crippen LogP contribution is -2.04. The Balaban J connectivity index is 2.43. The van der Waals surface area contributed by atoms with Crippen LogP contribution in [0, 0.1) is 0 Å². The van der Waals surface area contributed by atoms with E-state index in [1.54, 1.807) is 12.1 Å². The van der Waals surface area contributed by atoms with Crippen molar-refractivity contribution in [3.05, 3.63) is 63.6 Å². The second kappa shape index (κ2) is 5.54. The molecule has 7 heteroatoms. The summed E-state index contributed by atoms with van der Waals surface area (Å²) in [5, 5.41) is 0.439. The average Bonchev–Trinajstić information content (AvgIpc) is 2.37. The Hall–Kier alpha value is -1.40. The molecular weight excluding hydrogens is 323 g/mol. The first-order chi connectivity index (χ1) is 9.29. The molecule has 104 valence electrons. The molecule has 2 aromatic carbocycles. The summed E-state index contributed by atoms with van der Waals surface area (Å²) in [5.41, 5.74) is 0.511. The Morgan fingerprint density at radius 1 is 1.00 bits per heavy atom.